The Bertz CT molecular complexity index is 661. The van der Waals surface area contributed by atoms with Crippen molar-refractivity contribution in [2.24, 2.45) is 0 Å². The number of amides is 1. The van der Waals surface area contributed by atoms with Gasteiger partial charge in [0.25, 0.3) is 5.91 Å². The van der Waals surface area contributed by atoms with Crippen LogP contribution in [0.4, 0.5) is 8.78 Å². The van der Waals surface area contributed by atoms with Gasteiger partial charge in [-0.05, 0) is 38.7 Å². The Morgan fingerprint density at radius 3 is 2.65 bits per heavy atom. The molecule has 23 heavy (non-hydrogen) atoms. The van der Waals surface area contributed by atoms with Crippen molar-refractivity contribution >= 4 is 5.91 Å². The van der Waals surface area contributed by atoms with Crippen LogP contribution in [-0.2, 0) is 0 Å². The van der Waals surface area contributed by atoms with Gasteiger partial charge in [0.2, 0.25) is 0 Å². The molecular weight excluding hydrogens is 306 g/mol. The van der Waals surface area contributed by atoms with Gasteiger partial charge in [-0.25, -0.2) is 14.3 Å². The number of halogens is 2. The predicted molar refractivity (Wildman–Crippen MR) is 77.0 cm³/mol. The summed E-state index contributed by atoms with van der Waals surface area (Å²) in [4.78, 5) is 16.1. The Morgan fingerprint density at radius 1 is 1.35 bits per heavy atom. The molecule has 1 N–H and O–H groups in total. The summed E-state index contributed by atoms with van der Waals surface area (Å²) in [6.07, 6.45) is 6.60. The fraction of sp³-hybridized carbons (Fsp3) is 0.571. The van der Waals surface area contributed by atoms with Crippen LogP contribution in [0.1, 0.15) is 54.5 Å². The molecule has 2 aromatic heterocycles. The van der Waals surface area contributed by atoms with Gasteiger partial charge >= 0.3 is 6.55 Å². The summed E-state index contributed by atoms with van der Waals surface area (Å²) in [5.74, 6) is -0.406. The quantitative estimate of drug-likeness (QED) is 0.934. The number of aromatic nitrogens is 5. The minimum Gasteiger partial charge on any atom is -0.348 e. The third-order valence-corrected chi connectivity index (χ3v) is 4.18. The molecule has 1 fully saturated rings. The van der Waals surface area contributed by atoms with Crippen LogP contribution >= 0.6 is 0 Å². The topological polar surface area (TPSA) is 77.6 Å². The van der Waals surface area contributed by atoms with Crippen molar-refractivity contribution in [3.63, 3.8) is 0 Å². The Balaban J connectivity index is 1.56. The third kappa shape index (κ3) is 3.38. The molecule has 2 heterocycles. The van der Waals surface area contributed by atoms with E-state index >= 15 is 0 Å². The molecule has 0 saturated heterocycles. The second-order valence-electron chi connectivity index (χ2n) is 5.75. The van der Waals surface area contributed by atoms with Crippen molar-refractivity contribution in [2.45, 2.75) is 51.2 Å². The van der Waals surface area contributed by atoms with E-state index < -0.39 is 12.5 Å². The van der Waals surface area contributed by atoms with Crippen molar-refractivity contribution < 1.29 is 13.6 Å². The molecule has 0 unspecified atom stereocenters. The first-order valence-electron chi connectivity index (χ1n) is 7.54. The van der Waals surface area contributed by atoms with Crippen LogP contribution in [0.15, 0.2) is 18.7 Å². The van der Waals surface area contributed by atoms with E-state index in [1.54, 1.807) is 6.33 Å². The summed E-state index contributed by atoms with van der Waals surface area (Å²) >= 11 is 0. The molecule has 1 aliphatic carbocycles. The molecule has 1 amide bonds. The van der Waals surface area contributed by atoms with Crippen LogP contribution in [0, 0.1) is 6.92 Å². The molecule has 0 aliphatic heterocycles. The van der Waals surface area contributed by atoms with Gasteiger partial charge in [-0.15, -0.1) is 0 Å². The van der Waals surface area contributed by atoms with E-state index in [0.717, 1.165) is 25.7 Å². The monoisotopic (exact) mass is 324 g/mol. The number of carbonyl (C=O) groups excluding carboxylic acids is 1. The molecule has 1 saturated carbocycles. The minimum atomic E-state index is -2.74. The van der Waals surface area contributed by atoms with Gasteiger partial charge in [0.05, 0.1) is 6.04 Å². The molecule has 0 aromatic carbocycles. The number of rotatable bonds is 4. The van der Waals surface area contributed by atoms with E-state index in [4.69, 9.17) is 0 Å². The van der Waals surface area contributed by atoms with Crippen molar-refractivity contribution in [3.8, 4) is 0 Å². The zero-order valence-corrected chi connectivity index (χ0v) is 12.7. The van der Waals surface area contributed by atoms with Crippen molar-refractivity contribution in [3.05, 3.63) is 30.1 Å². The first kappa shape index (κ1) is 15.6. The summed E-state index contributed by atoms with van der Waals surface area (Å²) < 4.78 is 27.8. The Labute approximate surface area is 131 Å². The van der Waals surface area contributed by atoms with Crippen LogP contribution in [0.5, 0.6) is 0 Å². The standard InChI is InChI=1S/C14H18F2N6O/c1-9-6-12(20-22(9)14(15)16)13(23)19-10-2-4-11(5-3-10)21-8-17-7-18-21/h6-8,10-11,14H,2-5H2,1H3,(H,19,23). The lowest BCUT2D eigenvalue weighted by Gasteiger charge is -2.28. The Kier molecular flexibility index (Phi) is 4.35. The fourth-order valence-electron chi connectivity index (χ4n) is 2.95. The molecule has 7 nitrogen and oxygen atoms in total. The second-order valence-corrected chi connectivity index (χ2v) is 5.75. The summed E-state index contributed by atoms with van der Waals surface area (Å²) in [6.45, 7) is -1.24. The van der Waals surface area contributed by atoms with Gasteiger partial charge in [-0.2, -0.15) is 19.0 Å². The first-order chi connectivity index (χ1) is 11.0. The average molecular weight is 324 g/mol. The summed E-state index contributed by atoms with van der Waals surface area (Å²) in [7, 11) is 0. The number of nitrogens with zero attached hydrogens (tertiary/aromatic N) is 5. The Morgan fingerprint density at radius 2 is 2.09 bits per heavy atom. The molecule has 3 rings (SSSR count). The number of aryl methyl sites for hydroxylation is 1. The minimum absolute atomic E-state index is 0.0271. The molecule has 1 aliphatic rings. The van der Waals surface area contributed by atoms with E-state index in [0.29, 0.717) is 10.7 Å². The van der Waals surface area contributed by atoms with E-state index in [2.05, 4.69) is 20.5 Å². The van der Waals surface area contributed by atoms with Gasteiger partial charge in [-0.3, -0.25) is 4.79 Å². The lowest BCUT2D eigenvalue weighted by Crippen LogP contribution is -2.38. The van der Waals surface area contributed by atoms with Gasteiger partial charge in [0, 0.05) is 11.7 Å². The van der Waals surface area contributed by atoms with Crippen molar-refractivity contribution in [1.29, 1.82) is 0 Å². The summed E-state index contributed by atoms with van der Waals surface area (Å²) in [5.41, 5.74) is 0.293. The summed E-state index contributed by atoms with van der Waals surface area (Å²) in [5, 5.41) is 10.7. The predicted octanol–water partition coefficient (Wildman–Crippen LogP) is 2.09. The number of alkyl halides is 2. The zero-order chi connectivity index (χ0) is 16.4. The van der Waals surface area contributed by atoms with Crippen LogP contribution < -0.4 is 5.32 Å². The van der Waals surface area contributed by atoms with Gasteiger partial charge in [-0.1, -0.05) is 0 Å². The van der Waals surface area contributed by atoms with Gasteiger partial charge in [0.1, 0.15) is 12.7 Å². The molecule has 0 atom stereocenters. The van der Waals surface area contributed by atoms with E-state index in [-0.39, 0.29) is 17.4 Å². The van der Waals surface area contributed by atoms with Crippen molar-refractivity contribution in [2.75, 3.05) is 0 Å². The molecule has 9 heteroatoms. The zero-order valence-electron chi connectivity index (χ0n) is 12.7. The van der Waals surface area contributed by atoms with Gasteiger partial charge in [0.15, 0.2) is 5.69 Å². The molecule has 0 bridgehead atoms. The number of carbonyl (C=O) groups is 1. The van der Waals surface area contributed by atoms with Gasteiger partial charge < -0.3 is 5.32 Å². The van der Waals surface area contributed by atoms with E-state index in [1.165, 1.54) is 19.3 Å². The fourth-order valence-corrected chi connectivity index (χ4v) is 2.95. The highest BCUT2D eigenvalue weighted by atomic mass is 19.3. The Hall–Kier alpha value is -2.32. The second kappa shape index (κ2) is 6.43. The van der Waals surface area contributed by atoms with Crippen LogP contribution in [-0.4, -0.2) is 36.5 Å². The highest BCUT2D eigenvalue weighted by Crippen LogP contribution is 2.27. The van der Waals surface area contributed by atoms with Crippen LogP contribution in [0.3, 0.4) is 0 Å². The SMILES string of the molecule is Cc1cc(C(=O)NC2CCC(n3cncn3)CC2)nn1C(F)F. The number of hydrogen-bond acceptors (Lipinski definition) is 4. The maximum absolute atomic E-state index is 12.7. The first-order valence-corrected chi connectivity index (χ1v) is 7.54. The van der Waals surface area contributed by atoms with Crippen LogP contribution in [0.25, 0.3) is 0 Å². The van der Waals surface area contributed by atoms with Crippen LogP contribution in [0.2, 0.25) is 0 Å². The largest absolute Gasteiger partial charge is 0.348 e. The van der Waals surface area contributed by atoms with Crippen molar-refractivity contribution in [1.82, 2.24) is 29.9 Å². The lowest BCUT2D eigenvalue weighted by molar-refractivity contribution is 0.0538. The molecule has 0 spiro atoms. The lowest BCUT2D eigenvalue weighted by atomic mass is 9.91. The third-order valence-electron chi connectivity index (χ3n) is 4.18. The molecule has 0 radical (unpaired) electrons. The number of hydrogen-bond donors (Lipinski definition) is 1. The average Bonchev–Trinajstić information content (AvgIpc) is 3.17. The maximum Gasteiger partial charge on any atom is 0.333 e. The normalized spacial score (nSPS) is 21.6. The maximum atomic E-state index is 12.7. The summed E-state index contributed by atoms with van der Waals surface area (Å²) in [6, 6.07) is 1.70. The smallest absolute Gasteiger partial charge is 0.333 e. The van der Waals surface area contributed by atoms with E-state index in [9.17, 15) is 13.6 Å². The molecular formula is C14H18F2N6O. The highest BCUT2D eigenvalue weighted by molar-refractivity contribution is 5.92. The molecule has 124 valence electrons. The van der Waals surface area contributed by atoms with E-state index in [1.807, 2.05) is 4.68 Å². The molecule has 2 aromatic rings. The highest BCUT2D eigenvalue weighted by Gasteiger charge is 2.25. The number of nitrogens with one attached hydrogen (secondary N) is 1.